The maximum Gasteiger partial charge on any atom is 0.123 e. The summed E-state index contributed by atoms with van der Waals surface area (Å²) in [6.45, 7) is 3.68. The maximum atomic E-state index is 12.9. The zero-order valence-corrected chi connectivity index (χ0v) is 10.1. The average Bonchev–Trinajstić information content (AvgIpc) is 2.85. The van der Waals surface area contributed by atoms with E-state index < -0.39 is 0 Å². The number of hydrogen-bond donors (Lipinski definition) is 1. The molecule has 1 saturated heterocycles. The van der Waals surface area contributed by atoms with E-state index in [1.54, 1.807) is 12.1 Å². The van der Waals surface area contributed by atoms with Crippen molar-refractivity contribution in [3.63, 3.8) is 0 Å². The van der Waals surface area contributed by atoms with Crippen LogP contribution in [0.4, 0.5) is 4.39 Å². The zero-order valence-electron chi connectivity index (χ0n) is 10.1. The summed E-state index contributed by atoms with van der Waals surface area (Å²) >= 11 is 0. The Labute approximate surface area is 101 Å². The minimum absolute atomic E-state index is 0.00133. The third kappa shape index (κ3) is 2.83. The van der Waals surface area contributed by atoms with Gasteiger partial charge in [-0.15, -0.1) is 0 Å². The first-order valence-electron chi connectivity index (χ1n) is 6.13. The lowest BCUT2D eigenvalue weighted by atomic mass is 9.97. The summed E-state index contributed by atoms with van der Waals surface area (Å²) in [6.07, 6.45) is 1.88. The molecule has 1 aromatic rings. The van der Waals surface area contributed by atoms with Crippen molar-refractivity contribution < 1.29 is 9.23 Å². The highest BCUT2D eigenvalue weighted by atomic mass is 19.1. The third-order valence-corrected chi connectivity index (χ3v) is 3.18. The van der Waals surface area contributed by atoms with Crippen LogP contribution < -0.4 is 5.73 Å². The Bertz CT molecular complexity index is 349. The SMILES string of the molecule is CCC(N)C(c1ccc(F)cc1)N1CCCO1. The highest BCUT2D eigenvalue weighted by Gasteiger charge is 2.29. The number of halogens is 1. The van der Waals surface area contributed by atoms with Crippen LogP contribution in [-0.4, -0.2) is 24.3 Å². The van der Waals surface area contributed by atoms with Gasteiger partial charge in [0.2, 0.25) is 0 Å². The maximum absolute atomic E-state index is 12.9. The molecule has 0 spiro atoms. The molecule has 1 aliphatic heterocycles. The van der Waals surface area contributed by atoms with E-state index in [-0.39, 0.29) is 17.9 Å². The molecule has 1 heterocycles. The first-order valence-corrected chi connectivity index (χ1v) is 6.13. The van der Waals surface area contributed by atoms with E-state index in [1.165, 1.54) is 12.1 Å². The average molecular weight is 238 g/mol. The molecule has 2 atom stereocenters. The molecule has 1 aromatic carbocycles. The van der Waals surface area contributed by atoms with Crippen LogP contribution in [0, 0.1) is 5.82 Å². The highest BCUT2D eigenvalue weighted by molar-refractivity contribution is 5.21. The molecule has 1 aliphatic rings. The first-order chi connectivity index (χ1) is 8.22. The van der Waals surface area contributed by atoms with Crippen molar-refractivity contribution in [2.45, 2.75) is 31.8 Å². The fraction of sp³-hybridized carbons (Fsp3) is 0.538. The second-order valence-electron chi connectivity index (χ2n) is 4.40. The molecule has 0 aromatic heterocycles. The molecule has 4 heteroatoms. The summed E-state index contributed by atoms with van der Waals surface area (Å²) in [5.74, 6) is -0.222. The molecule has 94 valence electrons. The van der Waals surface area contributed by atoms with Crippen molar-refractivity contribution in [3.05, 3.63) is 35.6 Å². The molecule has 3 nitrogen and oxygen atoms in total. The fourth-order valence-electron chi connectivity index (χ4n) is 2.20. The Morgan fingerprint density at radius 3 is 2.65 bits per heavy atom. The smallest absolute Gasteiger partial charge is 0.123 e. The van der Waals surface area contributed by atoms with Gasteiger partial charge in [0.05, 0.1) is 12.6 Å². The topological polar surface area (TPSA) is 38.5 Å². The van der Waals surface area contributed by atoms with Crippen molar-refractivity contribution in [3.8, 4) is 0 Å². The van der Waals surface area contributed by atoms with Gasteiger partial charge in [-0.2, -0.15) is 5.06 Å². The van der Waals surface area contributed by atoms with E-state index >= 15 is 0 Å². The second kappa shape index (κ2) is 5.58. The Balaban J connectivity index is 2.22. The van der Waals surface area contributed by atoms with Crippen LogP contribution >= 0.6 is 0 Å². The molecule has 2 unspecified atom stereocenters. The van der Waals surface area contributed by atoms with Gasteiger partial charge in [-0.3, -0.25) is 4.84 Å². The second-order valence-corrected chi connectivity index (χ2v) is 4.40. The molecular weight excluding hydrogens is 219 g/mol. The van der Waals surface area contributed by atoms with Crippen molar-refractivity contribution >= 4 is 0 Å². The van der Waals surface area contributed by atoms with E-state index in [1.807, 2.05) is 5.06 Å². The zero-order chi connectivity index (χ0) is 12.3. The number of nitrogens with zero attached hydrogens (tertiary/aromatic N) is 1. The molecule has 2 N–H and O–H groups in total. The summed E-state index contributed by atoms with van der Waals surface area (Å²) < 4.78 is 12.9. The van der Waals surface area contributed by atoms with Gasteiger partial charge in [0, 0.05) is 12.6 Å². The van der Waals surface area contributed by atoms with Gasteiger partial charge in [-0.1, -0.05) is 19.1 Å². The minimum Gasteiger partial charge on any atom is -0.326 e. The van der Waals surface area contributed by atoms with E-state index in [0.29, 0.717) is 0 Å². The Morgan fingerprint density at radius 1 is 1.41 bits per heavy atom. The van der Waals surface area contributed by atoms with Gasteiger partial charge in [0.1, 0.15) is 5.82 Å². The number of hydrogen-bond acceptors (Lipinski definition) is 3. The minimum atomic E-state index is -0.222. The summed E-state index contributed by atoms with van der Waals surface area (Å²) in [5, 5.41) is 1.93. The first kappa shape index (κ1) is 12.5. The largest absolute Gasteiger partial charge is 0.326 e. The van der Waals surface area contributed by atoms with Crippen molar-refractivity contribution in [2.75, 3.05) is 13.2 Å². The number of hydroxylamine groups is 2. The molecular formula is C13H19FN2O. The predicted molar refractivity (Wildman–Crippen MR) is 64.7 cm³/mol. The van der Waals surface area contributed by atoms with E-state index in [2.05, 4.69) is 6.92 Å². The fourth-order valence-corrected chi connectivity index (χ4v) is 2.20. The Hall–Kier alpha value is -0.970. The number of benzene rings is 1. The van der Waals surface area contributed by atoms with Gasteiger partial charge in [0.15, 0.2) is 0 Å². The van der Waals surface area contributed by atoms with Crippen molar-refractivity contribution in [1.82, 2.24) is 5.06 Å². The van der Waals surface area contributed by atoms with Crippen LogP contribution in [0.5, 0.6) is 0 Å². The van der Waals surface area contributed by atoms with Gasteiger partial charge < -0.3 is 5.73 Å². The third-order valence-electron chi connectivity index (χ3n) is 3.18. The van der Waals surface area contributed by atoms with E-state index in [4.69, 9.17) is 10.6 Å². The van der Waals surface area contributed by atoms with Gasteiger partial charge >= 0.3 is 0 Å². The van der Waals surface area contributed by atoms with Crippen LogP contribution in [0.25, 0.3) is 0 Å². The molecule has 2 rings (SSSR count). The molecule has 0 bridgehead atoms. The van der Waals surface area contributed by atoms with Crippen LogP contribution in [-0.2, 0) is 4.84 Å². The van der Waals surface area contributed by atoms with Crippen LogP contribution in [0.15, 0.2) is 24.3 Å². The lowest BCUT2D eigenvalue weighted by Crippen LogP contribution is -2.38. The Morgan fingerprint density at radius 2 is 2.12 bits per heavy atom. The lowest BCUT2D eigenvalue weighted by Gasteiger charge is -2.30. The molecule has 0 radical (unpaired) electrons. The summed E-state index contributed by atoms with van der Waals surface area (Å²) in [6, 6.07) is 6.54. The summed E-state index contributed by atoms with van der Waals surface area (Å²) in [5.41, 5.74) is 7.17. The van der Waals surface area contributed by atoms with E-state index in [9.17, 15) is 4.39 Å². The number of nitrogens with two attached hydrogens (primary N) is 1. The predicted octanol–water partition coefficient (Wildman–Crippen LogP) is 2.24. The van der Waals surface area contributed by atoms with Gasteiger partial charge in [0.25, 0.3) is 0 Å². The summed E-state index contributed by atoms with van der Waals surface area (Å²) in [7, 11) is 0. The Kier molecular flexibility index (Phi) is 4.10. The quantitative estimate of drug-likeness (QED) is 0.874. The van der Waals surface area contributed by atoms with Gasteiger partial charge in [-0.25, -0.2) is 4.39 Å². The van der Waals surface area contributed by atoms with Crippen LogP contribution in [0.2, 0.25) is 0 Å². The standard InChI is InChI=1S/C13H19FN2O/c1-2-12(15)13(16-8-3-9-17-16)10-4-6-11(14)7-5-10/h4-7,12-13H,2-3,8-9,15H2,1H3. The highest BCUT2D eigenvalue weighted by Crippen LogP contribution is 2.28. The van der Waals surface area contributed by atoms with Crippen LogP contribution in [0.3, 0.4) is 0 Å². The molecule has 0 saturated carbocycles. The monoisotopic (exact) mass is 238 g/mol. The normalized spacial score (nSPS) is 20.4. The molecule has 17 heavy (non-hydrogen) atoms. The summed E-state index contributed by atoms with van der Waals surface area (Å²) in [4.78, 5) is 5.58. The van der Waals surface area contributed by atoms with Crippen molar-refractivity contribution in [2.24, 2.45) is 5.73 Å². The lowest BCUT2D eigenvalue weighted by molar-refractivity contribution is -0.148. The van der Waals surface area contributed by atoms with Crippen LogP contribution in [0.1, 0.15) is 31.4 Å². The molecule has 0 amide bonds. The van der Waals surface area contributed by atoms with Crippen molar-refractivity contribution in [1.29, 1.82) is 0 Å². The number of rotatable bonds is 4. The van der Waals surface area contributed by atoms with Gasteiger partial charge in [-0.05, 0) is 30.5 Å². The molecule has 0 aliphatic carbocycles. The molecule has 1 fully saturated rings. The van der Waals surface area contributed by atoms with E-state index in [0.717, 1.165) is 31.6 Å².